The van der Waals surface area contributed by atoms with Gasteiger partial charge in [-0.25, -0.2) is 16.8 Å². The van der Waals surface area contributed by atoms with Crippen LogP contribution in [0.1, 0.15) is 32.1 Å². The molecule has 4 rings (SSSR count). The van der Waals surface area contributed by atoms with Crippen LogP contribution in [0.4, 0.5) is 5.69 Å². The van der Waals surface area contributed by atoms with Gasteiger partial charge < -0.3 is 5.32 Å². The van der Waals surface area contributed by atoms with Crippen molar-refractivity contribution >= 4 is 43.0 Å². The third-order valence-corrected chi connectivity index (χ3v) is 11.1. The number of hydrogen-bond acceptors (Lipinski definition) is 6. The van der Waals surface area contributed by atoms with Crippen molar-refractivity contribution < 1.29 is 21.6 Å². The van der Waals surface area contributed by atoms with Crippen LogP contribution in [-0.4, -0.2) is 57.5 Å². The molecule has 8 nitrogen and oxygen atoms in total. The van der Waals surface area contributed by atoms with Crippen LogP contribution in [0.5, 0.6) is 0 Å². The number of piperidine rings is 2. The Hall–Kier alpha value is -1.79. The maximum Gasteiger partial charge on any atom is 0.252 e. The van der Waals surface area contributed by atoms with Crippen molar-refractivity contribution in [2.45, 2.75) is 41.2 Å². The fourth-order valence-corrected chi connectivity index (χ4v) is 8.31. The Labute approximate surface area is 193 Å². The number of amides is 1. The smallest absolute Gasteiger partial charge is 0.252 e. The molecule has 1 amide bonds. The second-order valence-electron chi connectivity index (χ2n) is 8.11. The van der Waals surface area contributed by atoms with E-state index in [1.54, 1.807) is 29.6 Å². The van der Waals surface area contributed by atoms with Crippen molar-refractivity contribution in [3.63, 3.8) is 0 Å². The predicted octanol–water partition coefficient (Wildman–Crippen LogP) is 2.96. The predicted molar refractivity (Wildman–Crippen MR) is 123 cm³/mol. The van der Waals surface area contributed by atoms with Gasteiger partial charge in [0.1, 0.15) is 4.21 Å². The largest absolute Gasteiger partial charge is 0.326 e. The van der Waals surface area contributed by atoms with Gasteiger partial charge in [-0.05, 0) is 61.4 Å². The number of nitrogens with one attached hydrogen (secondary N) is 1. The van der Waals surface area contributed by atoms with Crippen LogP contribution in [0, 0.1) is 5.92 Å². The van der Waals surface area contributed by atoms with Gasteiger partial charge in [0.05, 0.1) is 10.8 Å². The minimum Gasteiger partial charge on any atom is -0.326 e. The number of anilines is 1. The number of carbonyl (C=O) groups excluding carboxylic acids is 1. The second kappa shape index (κ2) is 9.60. The number of nitrogens with zero attached hydrogens (tertiary/aromatic N) is 2. The zero-order valence-corrected chi connectivity index (χ0v) is 20.1. The molecule has 174 valence electrons. The van der Waals surface area contributed by atoms with Gasteiger partial charge in [0.15, 0.2) is 0 Å². The molecular weight excluding hydrogens is 470 g/mol. The molecule has 2 fully saturated rings. The molecule has 32 heavy (non-hydrogen) atoms. The van der Waals surface area contributed by atoms with Crippen LogP contribution in [0.15, 0.2) is 50.9 Å². The van der Waals surface area contributed by atoms with Crippen LogP contribution in [0.25, 0.3) is 0 Å². The van der Waals surface area contributed by atoms with E-state index in [2.05, 4.69) is 5.32 Å². The highest BCUT2D eigenvalue weighted by atomic mass is 32.2. The minimum absolute atomic E-state index is 0.132. The molecule has 0 unspecified atom stereocenters. The van der Waals surface area contributed by atoms with Crippen LogP contribution in [-0.2, 0) is 24.8 Å². The first kappa shape index (κ1) is 23.4. The SMILES string of the molecule is O=C(Nc1ccc(S(=O)(=O)N2CCCCC2)cc1)[C@@H]1CCCN(S(=O)(=O)c2cccs2)C1. The summed E-state index contributed by atoms with van der Waals surface area (Å²) in [6.45, 7) is 1.60. The molecule has 0 radical (unpaired) electrons. The lowest BCUT2D eigenvalue weighted by atomic mass is 9.99. The average Bonchev–Trinajstić information content (AvgIpc) is 3.36. The molecule has 0 spiro atoms. The van der Waals surface area contributed by atoms with E-state index in [0.29, 0.717) is 38.2 Å². The first-order valence-corrected chi connectivity index (χ1v) is 14.5. The van der Waals surface area contributed by atoms with E-state index < -0.39 is 26.0 Å². The van der Waals surface area contributed by atoms with Gasteiger partial charge in [0, 0.05) is 31.9 Å². The number of benzene rings is 1. The van der Waals surface area contributed by atoms with Crippen molar-refractivity contribution in [2.75, 3.05) is 31.5 Å². The first-order valence-electron chi connectivity index (χ1n) is 10.7. The van der Waals surface area contributed by atoms with Gasteiger partial charge in [0.2, 0.25) is 15.9 Å². The van der Waals surface area contributed by atoms with Crippen molar-refractivity contribution in [3.8, 4) is 0 Å². The topological polar surface area (TPSA) is 104 Å². The number of hydrogen-bond donors (Lipinski definition) is 1. The summed E-state index contributed by atoms with van der Waals surface area (Å²) in [5, 5.41) is 4.53. The summed E-state index contributed by atoms with van der Waals surface area (Å²) in [4.78, 5) is 13.0. The standard InChI is InChI=1S/C21H27N3O5S3/c25-21(17-6-4-14-24(16-17)32(28,29)20-7-5-15-30-20)22-18-8-10-19(11-9-18)31(26,27)23-12-2-1-3-13-23/h5,7-11,15,17H,1-4,6,12-14,16H2,(H,22,25)/t17-/m1/s1. The van der Waals surface area contributed by atoms with E-state index in [4.69, 9.17) is 0 Å². The van der Waals surface area contributed by atoms with Gasteiger partial charge in [-0.2, -0.15) is 8.61 Å². The Bertz CT molecular complexity index is 1140. The van der Waals surface area contributed by atoms with E-state index in [0.717, 1.165) is 19.3 Å². The normalized spacial score (nSPS) is 21.3. The summed E-state index contributed by atoms with van der Waals surface area (Å²) in [5.41, 5.74) is 0.492. The first-order chi connectivity index (χ1) is 15.3. The zero-order valence-electron chi connectivity index (χ0n) is 17.6. The fourth-order valence-electron chi connectivity index (χ4n) is 4.12. The molecule has 2 saturated heterocycles. The number of sulfonamides is 2. The lowest BCUT2D eigenvalue weighted by Gasteiger charge is -2.30. The highest BCUT2D eigenvalue weighted by molar-refractivity contribution is 7.91. The Morgan fingerprint density at radius 1 is 0.875 bits per heavy atom. The molecule has 2 aromatic rings. The highest BCUT2D eigenvalue weighted by Gasteiger charge is 2.34. The molecule has 11 heteroatoms. The van der Waals surface area contributed by atoms with E-state index in [1.165, 1.54) is 32.1 Å². The molecule has 1 N–H and O–H groups in total. The maximum atomic E-state index is 12.8. The minimum atomic E-state index is -3.59. The second-order valence-corrected chi connectivity index (χ2v) is 13.2. The van der Waals surface area contributed by atoms with Crippen molar-refractivity contribution in [2.24, 2.45) is 5.92 Å². The molecule has 1 aromatic carbocycles. The molecule has 3 heterocycles. The number of carbonyl (C=O) groups is 1. The van der Waals surface area contributed by atoms with Crippen LogP contribution < -0.4 is 5.32 Å². The Morgan fingerprint density at radius 3 is 2.22 bits per heavy atom. The lowest BCUT2D eigenvalue weighted by Crippen LogP contribution is -2.43. The van der Waals surface area contributed by atoms with Gasteiger partial charge in [0.25, 0.3) is 10.0 Å². The third kappa shape index (κ3) is 4.91. The molecule has 0 aliphatic carbocycles. The summed E-state index contributed by atoms with van der Waals surface area (Å²) in [7, 11) is -7.11. The van der Waals surface area contributed by atoms with Gasteiger partial charge in [-0.3, -0.25) is 4.79 Å². The summed E-state index contributed by atoms with van der Waals surface area (Å²) in [6, 6.07) is 9.45. The van der Waals surface area contributed by atoms with Crippen molar-refractivity contribution in [3.05, 3.63) is 41.8 Å². The van der Waals surface area contributed by atoms with E-state index in [1.807, 2.05) is 0 Å². The van der Waals surface area contributed by atoms with E-state index in [-0.39, 0.29) is 21.6 Å². The lowest BCUT2D eigenvalue weighted by molar-refractivity contribution is -0.120. The molecule has 2 aliphatic heterocycles. The van der Waals surface area contributed by atoms with Crippen LogP contribution in [0.3, 0.4) is 0 Å². The molecule has 1 aromatic heterocycles. The molecule has 0 saturated carbocycles. The molecule has 1 atom stereocenters. The third-order valence-electron chi connectivity index (χ3n) is 5.92. The van der Waals surface area contributed by atoms with Crippen LogP contribution in [0.2, 0.25) is 0 Å². The monoisotopic (exact) mass is 497 g/mol. The number of rotatable bonds is 6. The zero-order chi connectivity index (χ0) is 22.8. The summed E-state index contributed by atoms with van der Waals surface area (Å²) < 4.78 is 54.3. The Morgan fingerprint density at radius 2 is 1.56 bits per heavy atom. The molecular formula is C21H27N3O5S3. The van der Waals surface area contributed by atoms with E-state index in [9.17, 15) is 21.6 Å². The van der Waals surface area contributed by atoms with Gasteiger partial charge in [-0.1, -0.05) is 12.5 Å². The molecule has 2 aliphatic rings. The summed E-state index contributed by atoms with van der Waals surface area (Å²) in [5.74, 6) is -0.724. The van der Waals surface area contributed by atoms with Gasteiger partial charge in [-0.15, -0.1) is 11.3 Å². The van der Waals surface area contributed by atoms with Gasteiger partial charge >= 0.3 is 0 Å². The fraction of sp³-hybridized carbons (Fsp3) is 0.476. The van der Waals surface area contributed by atoms with Crippen molar-refractivity contribution in [1.29, 1.82) is 0 Å². The molecule has 0 bridgehead atoms. The maximum absolute atomic E-state index is 12.8. The summed E-state index contributed by atoms with van der Waals surface area (Å²) in [6.07, 6.45) is 3.99. The highest BCUT2D eigenvalue weighted by Crippen LogP contribution is 2.27. The quantitative estimate of drug-likeness (QED) is 0.661. The van der Waals surface area contributed by atoms with Crippen molar-refractivity contribution in [1.82, 2.24) is 8.61 Å². The Kier molecular flexibility index (Phi) is 7.01. The van der Waals surface area contributed by atoms with E-state index >= 15 is 0 Å². The average molecular weight is 498 g/mol. The Balaban J connectivity index is 1.40. The van der Waals surface area contributed by atoms with Crippen LogP contribution >= 0.6 is 11.3 Å². The summed E-state index contributed by atoms with van der Waals surface area (Å²) >= 11 is 1.17. The number of thiophene rings is 1.